The Kier molecular flexibility index (Phi) is 5.44. The van der Waals surface area contributed by atoms with Crippen molar-refractivity contribution in [1.29, 1.82) is 0 Å². The van der Waals surface area contributed by atoms with Gasteiger partial charge in [0.25, 0.3) is 5.69 Å². The Hall–Kier alpha value is -1.75. The number of ketones is 1. The first-order chi connectivity index (χ1) is 10.1. The molecule has 0 N–H and O–H groups in total. The first-order valence-electron chi connectivity index (χ1n) is 7.60. The molecule has 1 fully saturated rings. The lowest BCUT2D eigenvalue weighted by Gasteiger charge is -2.19. The topological polar surface area (TPSA) is 63.5 Å². The summed E-state index contributed by atoms with van der Waals surface area (Å²) in [5.74, 6) is 0.733. The number of hydrogen-bond acceptors (Lipinski definition) is 4. The third-order valence-electron chi connectivity index (χ3n) is 4.26. The first kappa shape index (κ1) is 15.6. The lowest BCUT2D eigenvalue weighted by molar-refractivity contribution is -0.384. The smallest absolute Gasteiger partial charge is 0.270 e. The molecule has 0 aromatic heterocycles. The van der Waals surface area contributed by atoms with Gasteiger partial charge in [0.05, 0.1) is 11.5 Å². The van der Waals surface area contributed by atoms with Gasteiger partial charge in [0.15, 0.2) is 5.78 Å². The van der Waals surface area contributed by atoms with E-state index in [0.29, 0.717) is 12.1 Å². The fourth-order valence-electron chi connectivity index (χ4n) is 2.88. The highest BCUT2D eigenvalue weighted by Gasteiger charge is 2.19. The van der Waals surface area contributed by atoms with Crippen LogP contribution in [0.5, 0.6) is 0 Å². The second kappa shape index (κ2) is 7.31. The van der Waals surface area contributed by atoms with Gasteiger partial charge in [-0.15, -0.1) is 0 Å². The first-order valence-corrected chi connectivity index (χ1v) is 7.60. The molecule has 21 heavy (non-hydrogen) atoms. The van der Waals surface area contributed by atoms with Crippen molar-refractivity contribution in [3.05, 3.63) is 39.9 Å². The van der Waals surface area contributed by atoms with Crippen molar-refractivity contribution in [3.63, 3.8) is 0 Å². The maximum absolute atomic E-state index is 12.3. The Morgan fingerprint density at radius 1 is 1.38 bits per heavy atom. The van der Waals surface area contributed by atoms with Gasteiger partial charge in [0.2, 0.25) is 0 Å². The van der Waals surface area contributed by atoms with Gasteiger partial charge in [-0.25, -0.2) is 0 Å². The molecule has 0 spiro atoms. The number of nitro groups is 1. The van der Waals surface area contributed by atoms with Gasteiger partial charge in [-0.3, -0.25) is 19.8 Å². The summed E-state index contributed by atoms with van der Waals surface area (Å²) in [6.45, 7) is 4.46. The van der Waals surface area contributed by atoms with Crippen molar-refractivity contribution in [3.8, 4) is 0 Å². The van der Waals surface area contributed by atoms with Crippen LogP contribution < -0.4 is 0 Å². The van der Waals surface area contributed by atoms with E-state index in [2.05, 4.69) is 11.8 Å². The summed E-state index contributed by atoms with van der Waals surface area (Å²) < 4.78 is 0. The van der Waals surface area contributed by atoms with Crippen LogP contribution in [0.15, 0.2) is 24.3 Å². The number of nitro benzene ring substituents is 1. The minimum atomic E-state index is -0.464. The molecule has 1 aromatic rings. The fourth-order valence-corrected chi connectivity index (χ4v) is 2.88. The highest BCUT2D eigenvalue weighted by atomic mass is 16.6. The summed E-state index contributed by atoms with van der Waals surface area (Å²) in [7, 11) is 0. The molecule has 1 aliphatic heterocycles. The number of non-ortho nitro benzene ring substituents is 1. The van der Waals surface area contributed by atoms with Crippen LogP contribution in [-0.2, 0) is 0 Å². The third kappa shape index (κ3) is 4.36. The summed E-state index contributed by atoms with van der Waals surface area (Å²) >= 11 is 0. The van der Waals surface area contributed by atoms with E-state index in [4.69, 9.17) is 0 Å². The molecule has 2 rings (SSSR count). The maximum Gasteiger partial charge on any atom is 0.270 e. The second-order valence-electron chi connectivity index (χ2n) is 5.71. The molecule has 0 radical (unpaired) electrons. The molecule has 0 aliphatic carbocycles. The largest absolute Gasteiger partial charge is 0.296 e. The summed E-state index contributed by atoms with van der Waals surface area (Å²) in [6, 6.07) is 6.01. The lowest BCUT2D eigenvalue weighted by atomic mass is 9.98. The molecule has 1 aliphatic rings. The van der Waals surface area contributed by atoms with Crippen LogP contribution in [0, 0.1) is 16.0 Å². The van der Waals surface area contributed by atoms with E-state index in [9.17, 15) is 14.9 Å². The van der Waals surface area contributed by atoms with Crippen LogP contribution in [0.2, 0.25) is 0 Å². The number of rotatable bonds is 5. The number of hydrogen-bond donors (Lipinski definition) is 0. The number of nitrogens with zero attached hydrogens (tertiary/aromatic N) is 2. The van der Waals surface area contributed by atoms with Gasteiger partial charge in [-0.05, 0) is 38.3 Å². The molecule has 114 valence electrons. The monoisotopic (exact) mass is 290 g/mol. The Morgan fingerprint density at radius 3 is 2.90 bits per heavy atom. The maximum atomic E-state index is 12.3. The quantitative estimate of drug-likeness (QED) is 0.474. The number of likely N-dealkylation sites (tertiary alicyclic amines) is 1. The van der Waals surface area contributed by atoms with Crippen molar-refractivity contribution in [2.75, 3.05) is 19.6 Å². The predicted octanol–water partition coefficient (Wildman–Crippen LogP) is 3.29. The van der Waals surface area contributed by atoms with Crippen LogP contribution >= 0.6 is 0 Å². The molecule has 1 atom stereocenters. The van der Waals surface area contributed by atoms with Gasteiger partial charge in [-0.2, -0.15) is 0 Å². The molecule has 1 heterocycles. The molecule has 1 unspecified atom stereocenters. The second-order valence-corrected chi connectivity index (χ2v) is 5.71. The van der Waals surface area contributed by atoms with Crippen LogP contribution in [0.1, 0.15) is 43.0 Å². The number of carbonyl (C=O) groups is 1. The van der Waals surface area contributed by atoms with Gasteiger partial charge in [0.1, 0.15) is 0 Å². The van der Waals surface area contributed by atoms with Crippen LogP contribution in [-0.4, -0.2) is 35.2 Å². The Bertz CT molecular complexity index is 516. The fraction of sp³-hybridized carbons (Fsp3) is 0.562. The SMILES string of the molecule is CCC1CCCN(CC(=O)c2cccc([N+](=O)[O-])c2)CC1. The molecule has 5 nitrogen and oxygen atoms in total. The summed E-state index contributed by atoms with van der Waals surface area (Å²) in [5.41, 5.74) is 0.406. The standard InChI is InChI=1S/C16H22N2O3/c1-2-13-5-4-9-17(10-8-13)12-16(19)14-6-3-7-15(11-14)18(20)21/h3,6-7,11,13H,2,4-5,8-10,12H2,1H3. The van der Waals surface area contributed by atoms with Crippen molar-refractivity contribution in [1.82, 2.24) is 4.90 Å². The highest BCUT2D eigenvalue weighted by Crippen LogP contribution is 2.20. The van der Waals surface area contributed by atoms with E-state index in [1.54, 1.807) is 12.1 Å². The Morgan fingerprint density at radius 2 is 2.19 bits per heavy atom. The zero-order chi connectivity index (χ0) is 15.2. The van der Waals surface area contributed by atoms with Crippen LogP contribution in [0.4, 0.5) is 5.69 Å². The van der Waals surface area contributed by atoms with Crippen LogP contribution in [0.25, 0.3) is 0 Å². The van der Waals surface area contributed by atoms with E-state index < -0.39 is 4.92 Å². The molecule has 0 amide bonds. The normalized spacial score (nSPS) is 20.0. The van der Waals surface area contributed by atoms with Crippen molar-refractivity contribution >= 4 is 11.5 Å². The third-order valence-corrected chi connectivity index (χ3v) is 4.26. The van der Waals surface area contributed by atoms with E-state index in [-0.39, 0.29) is 11.5 Å². The van der Waals surface area contributed by atoms with E-state index in [0.717, 1.165) is 31.8 Å². The minimum absolute atomic E-state index is 0.0252. The zero-order valence-corrected chi connectivity index (χ0v) is 12.5. The highest BCUT2D eigenvalue weighted by molar-refractivity contribution is 5.98. The van der Waals surface area contributed by atoms with E-state index in [1.165, 1.54) is 25.0 Å². The summed E-state index contributed by atoms with van der Waals surface area (Å²) in [6.07, 6.45) is 4.70. The average Bonchev–Trinajstić information content (AvgIpc) is 2.72. The molecule has 0 saturated carbocycles. The number of carbonyl (C=O) groups excluding carboxylic acids is 1. The lowest BCUT2D eigenvalue weighted by Crippen LogP contribution is -2.31. The molecule has 1 saturated heterocycles. The predicted molar refractivity (Wildman–Crippen MR) is 81.5 cm³/mol. The van der Waals surface area contributed by atoms with Gasteiger partial charge < -0.3 is 0 Å². The Labute approximate surface area is 125 Å². The van der Waals surface area contributed by atoms with Crippen molar-refractivity contribution in [2.24, 2.45) is 5.92 Å². The number of Topliss-reactive ketones (excluding diaryl/α,β-unsaturated/α-hetero) is 1. The van der Waals surface area contributed by atoms with Crippen molar-refractivity contribution in [2.45, 2.75) is 32.6 Å². The molecule has 1 aromatic carbocycles. The Balaban J connectivity index is 1.98. The molecule has 0 bridgehead atoms. The van der Waals surface area contributed by atoms with Gasteiger partial charge in [0, 0.05) is 17.7 Å². The summed E-state index contributed by atoms with van der Waals surface area (Å²) in [4.78, 5) is 24.8. The minimum Gasteiger partial charge on any atom is -0.296 e. The van der Waals surface area contributed by atoms with E-state index >= 15 is 0 Å². The molecular formula is C16H22N2O3. The van der Waals surface area contributed by atoms with Gasteiger partial charge in [-0.1, -0.05) is 25.5 Å². The zero-order valence-electron chi connectivity index (χ0n) is 12.5. The van der Waals surface area contributed by atoms with Gasteiger partial charge >= 0.3 is 0 Å². The van der Waals surface area contributed by atoms with Crippen LogP contribution in [0.3, 0.4) is 0 Å². The van der Waals surface area contributed by atoms with E-state index in [1.807, 2.05) is 0 Å². The molecule has 5 heteroatoms. The average molecular weight is 290 g/mol. The number of benzene rings is 1. The van der Waals surface area contributed by atoms with Crippen molar-refractivity contribution < 1.29 is 9.72 Å². The molecular weight excluding hydrogens is 268 g/mol. The summed E-state index contributed by atoms with van der Waals surface area (Å²) in [5, 5.41) is 10.8.